The van der Waals surface area contributed by atoms with Gasteiger partial charge in [0.1, 0.15) is 5.73 Å². The molecule has 1 saturated heterocycles. The molecule has 0 saturated carbocycles. The van der Waals surface area contributed by atoms with E-state index in [4.69, 9.17) is 9.31 Å². The van der Waals surface area contributed by atoms with Crippen LogP contribution in [0, 0.1) is 0 Å². The first kappa shape index (κ1) is 17.8. The number of anilines is 1. The first-order valence-electron chi connectivity index (χ1n) is 9.24. The lowest BCUT2D eigenvalue weighted by molar-refractivity contribution is 0.00578. The van der Waals surface area contributed by atoms with Crippen LogP contribution >= 0.6 is 0 Å². The highest BCUT2D eigenvalue weighted by atomic mass is 19.1. The Morgan fingerprint density at radius 3 is 2.50 bits per heavy atom. The summed E-state index contributed by atoms with van der Waals surface area (Å²) >= 11 is 0. The molecule has 26 heavy (non-hydrogen) atoms. The lowest BCUT2D eigenvalue weighted by Gasteiger charge is -2.37. The topological polar surface area (TPSA) is 33.7 Å². The summed E-state index contributed by atoms with van der Waals surface area (Å²) in [5, 5.41) is 3.38. The maximum absolute atomic E-state index is 15.8. The van der Waals surface area contributed by atoms with Crippen LogP contribution < -0.4 is 10.2 Å². The molecule has 138 valence electrons. The van der Waals surface area contributed by atoms with Crippen LogP contribution in [0.5, 0.6) is 0 Å². The van der Waals surface area contributed by atoms with Crippen molar-refractivity contribution in [2.75, 3.05) is 25.0 Å². The van der Waals surface area contributed by atoms with Gasteiger partial charge in [-0.1, -0.05) is 18.2 Å². The SMILES string of the molecule is CN1C2=C(CNCC2)C(=C(F)B2OC(C)(C)C(C)(C)O2)c2ccccc21. The molecule has 4 rings (SSSR count). The molecule has 0 spiro atoms. The Kier molecular flexibility index (Phi) is 4.06. The minimum absolute atomic E-state index is 0.333. The van der Waals surface area contributed by atoms with E-state index in [0.29, 0.717) is 12.1 Å². The summed E-state index contributed by atoms with van der Waals surface area (Å²) in [6.45, 7) is 9.33. The van der Waals surface area contributed by atoms with Gasteiger partial charge in [0.15, 0.2) is 0 Å². The van der Waals surface area contributed by atoms with E-state index in [0.717, 1.165) is 29.8 Å². The van der Waals surface area contributed by atoms with Crippen molar-refractivity contribution >= 4 is 18.4 Å². The summed E-state index contributed by atoms with van der Waals surface area (Å²) < 4.78 is 27.8. The number of para-hydroxylation sites is 1. The summed E-state index contributed by atoms with van der Waals surface area (Å²) in [7, 11) is 1.07. The van der Waals surface area contributed by atoms with Crippen molar-refractivity contribution in [2.24, 2.45) is 0 Å². The first-order chi connectivity index (χ1) is 12.2. The van der Waals surface area contributed by atoms with Crippen LogP contribution in [0.15, 0.2) is 41.3 Å². The second kappa shape index (κ2) is 5.94. The lowest BCUT2D eigenvalue weighted by atomic mass is 9.77. The Morgan fingerprint density at radius 1 is 1.15 bits per heavy atom. The number of nitrogens with one attached hydrogen (secondary N) is 1. The minimum Gasteiger partial charge on any atom is -0.398 e. The molecule has 1 N–H and O–H groups in total. The third kappa shape index (κ3) is 2.55. The van der Waals surface area contributed by atoms with E-state index in [2.05, 4.69) is 17.3 Å². The smallest absolute Gasteiger partial charge is 0.398 e. The monoisotopic (exact) mass is 356 g/mol. The second-order valence-corrected chi connectivity index (χ2v) is 8.24. The molecule has 1 aromatic rings. The quantitative estimate of drug-likeness (QED) is 0.778. The van der Waals surface area contributed by atoms with Gasteiger partial charge in [-0.15, -0.1) is 0 Å². The van der Waals surface area contributed by atoms with Gasteiger partial charge >= 0.3 is 7.12 Å². The lowest BCUT2D eigenvalue weighted by Crippen LogP contribution is -2.41. The van der Waals surface area contributed by atoms with E-state index in [1.807, 2.05) is 52.0 Å². The Hall–Kier alpha value is -1.63. The Labute approximate surface area is 155 Å². The van der Waals surface area contributed by atoms with Crippen molar-refractivity contribution in [1.29, 1.82) is 0 Å². The van der Waals surface area contributed by atoms with Crippen LogP contribution in [0.4, 0.5) is 10.1 Å². The van der Waals surface area contributed by atoms with Gasteiger partial charge in [-0.05, 0) is 39.3 Å². The highest BCUT2D eigenvalue weighted by Crippen LogP contribution is 2.46. The summed E-state index contributed by atoms with van der Waals surface area (Å²) in [6.07, 6.45) is 0.875. The molecule has 0 aromatic heterocycles. The Balaban J connectivity index is 1.87. The van der Waals surface area contributed by atoms with Crippen LogP contribution in [-0.4, -0.2) is 38.5 Å². The number of benzene rings is 1. The fraction of sp³-hybridized carbons (Fsp3) is 0.500. The number of fused-ring (bicyclic) bond motifs is 1. The zero-order valence-corrected chi connectivity index (χ0v) is 16.1. The van der Waals surface area contributed by atoms with Gasteiger partial charge in [-0.2, -0.15) is 0 Å². The van der Waals surface area contributed by atoms with Crippen LogP contribution in [-0.2, 0) is 9.31 Å². The zero-order chi connectivity index (χ0) is 18.7. The number of hydrogen-bond acceptors (Lipinski definition) is 4. The third-order valence-electron chi connectivity index (χ3n) is 6.13. The predicted molar refractivity (Wildman–Crippen MR) is 103 cm³/mol. The molecular formula is C20H26BFN2O2. The molecule has 4 nitrogen and oxygen atoms in total. The van der Waals surface area contributed by atoms with Crippen molar-refractivity contribution in [3.63, 3.8) is 0 Å². The minimum atomic E-state index is -0.984. The Bertz CT molecular complexity index is 800. The molecule has 0 bridgehead atoms. The highest BCUT2D eigenvalue weighted by Gasteiger charge is 2.54. The fourth-order valence-corrected chi connectivity index (χ4v) is 3.90. The molecule has 1 aromatic carbocycles. The van der Waals surface area contributed by atoms with Crippen molar-refractivity contribution in [3.05, 3.63) is 46.8 Å². The summed E-state index contributed by atoms with van der Waals surface area (Å²) in [5.74, 6) is 0. The molecule has 3 heterocycles. The van der Waals surface area contributed by atoms with E-state index < -0.39 is 18.3 Å². The van der Waals surface area contributed by atoms with Gasteiger partial charge < -0.3 is 19.5 Å². The van der Waals surface area contributed by atoms with Gasteiger partial charge in [-0.25, -0.2) is 4.39 Å². The van der Waals surface area contributed by atoms with Gasteiger partial charge in [0.2, 0.25) is 0 Å². The molecule has 3 aliphatic heterocycles. The second-order valence-electron chi connectivity index (χ2n) is 8.24. The molecule has 6 heteroatoms. The van der Waals surface area contributed by atoms with Gasteiger partial charge in [0.05, 0.1) is 11.2 Å². The molecule has 0 amide bonds. The van der Waals surface area contributed by atoms with Gasteiger partial charge in [0.25, 0.3) is 0 Å². The fourth-order valence-electron chi connectivity index (χ4n) is 3.90. The molecule has 3 aliphatic rings. The van der Waals surface area contributed by atoms with Crippen molar-refractivity contribution in [2.45, 2.75) is 45.3 Å². The van der Waals surface area contributed by atoms with Gasteiger partial charge in [0, 0.05) is 49.1 Å². The normalized spacial score (nSPS) is 25.9. The standard InChI is InChI=1S/C20H26BFN2O2/c1-19(2)20(3,4)26-21(25-19)18(22)17-13-8-6-7-9-15(13)24(5)16-10-11-23-12-14(16)17/h6-9,23H,10-12H2,1-5H3. The molecule has 1 fully saturated rings. The third-order valence-corrected chi connectivity index (χ3v) is 6.13. The van der Waals surface area contributed by atoms with Crippen molar-refractivity contribution in [3.8, 4) is 0 Å². The number of rotatable bonds is 1. The average molecular weight is 356 g/mol. The maximum atomic E-state index is 15.8. The summed E-state index contributed by atoms with van der Waals surface area (Å²) in [4.78, 5) is 2.19. The number of halogens is 1. The summed E-state index contributed by atoms with van der Waals surface area (Å²) in [6, 6.07) is 7.96. The molecule has 0 radical (unpaired) electrons. The van der Waals surface area contributed by atoms with E-state index in [1.54, 1.807) is 0 Å². The van der Waals surface area contributed by atoms with Crippen LogP contribution in [0.25, 0.3) is 5.57 Å². The Morgan fingerprint density at radius 2 is 1.81 bits per heavy atom. The van der Waals surface area contributed by atoms with E-state index in [9.17, 15) is 0 Å². The van der Waals surface area contributed by atoms with Crippen molar-refractivity contribution < 1.29 is 13.7 Å². The first-order valence-corrected chi connectivity index (χ1v) is 9.24. The largest absolute Gasteiger partial charge is 0.525 e. The maximum Gasteiger partial charge on any atom is 0.525 e. The summed E-state index contributed by atoms with van der Waals surface area (Å²) in [5.41, 5.74) is 3.25. The van der Waals surface area contributed by atoms with E-state index >= 15 is 4.39 Å². The van der Waals surface area contributed by atoms with E-state index in [1.165, 1.54) is 5.70 Å². The van der Waals surface area contributed by atoms with Gasteiger partial charge in [-0.3, -0.25) is 0 Å². The van der Waals surface area contributed by atoms with Crippen LogP contribution in [0.3, 0.4) is 0 Å². The predicted octanol–water partition coefficient (Wildman–Crippen LogP) is 3.70. The molecule has 0 unspecified atom stereocenters. The van der Waals surface area contributed by atoms with E-state index in [-0.39, 0.29) is 5.73 Å². The molecule has 0 atom stereocenters. The van der Waals surface area contributed by atoms with Crippen LogP contribution in [0.2, 0.25) is 0 Å². The van der Waals surface area contributed by atoms with Crippen LogP contribution in [0.1, 0.15) is 39.7 Å². The molecule has 0 aliphatic carbocycles. The highest BCUT2D eigenvalue weighted by molar-refractivity contribution is 6.55. The average Bonchev–Trinajstić information content (AvgIpc) is 2.83. The molecular weight excluding hydrogens is 330 g/mol. The number of hydrogen-bond donors (Lipinski definition) is 1. The van der Waals surface area contributed by atoms with Crippen molar-refractivity contribution in [1.82, 2.24) is 5.32 Å². The number of nitrogens with zero attached hydrogens (tertiary/aromatic N) is 1. The zero-order valence-electron chi connectivity index (χ0n) is 16.1.